The van der Waals surface area contributed by atoms with Gasteiger partial charge in [-0.15, -0.1) is 0 Å². The minimum Gasteiger partial charge on any atom is -0.508 e. The highest BCUT2D eigenvalue weighted by Crippen LogP contribution is 2.51. The first-order chi connectivity index (χ1) is 12.6. The van der Waals surface area contributed by atoms with Crippen molar-refractivity contribution in [2.24, 2.45) is 0 Å². The molecule has 26 heavy (non-hydrogen) atoms. The number of hydrogen-bond donors (Lipinski definition) is 2. The highest BCUT2D eigenvalue weighted by atomic mass is 16.5. The Morgan fingerprint density at radius 2 is 1.96 bits per heavy atom. The summed E-state index contributed by atoms with van der Waals surface area (Å²) in [5.41, 5.74) is 2.23. The van der Waals surface area contributed by atoms with E-state index < -0.39 is 6.10 Å². The van der Waals surface area contributed by atoms with E-state index in [1.165, 1.54) is 26.4 Å². The zero-order valence-electron chi connectivity index (χ0n) is 14.5. The summed E-state index contributed by atoms with van der Waals surface area (Å²) in [5, 5.41) is 19.9. The fraction of sp³-hybridized carbons (Fsp3) is 0.250. The first-order valence-corrected chi connectivity index (χ1v) is 8.10. The highest BCUT2D eigenvalue weighted by Gasteiger charge is 2.38. The summed E-state index contributed by atoms with van der Waals surface area (Å²) in [6.07, 6.45) is 3.24. The van der Waals surface area contributed by atoms with E-state index in [0.29, 0.717) is 29.1 Å². The van der Waals surface area contributed by atoms with Gasteiger partial charge in [0.15, 0.2) is 11.5 Å². The summed E-state index contributed by atoms with van der Waals surface area (Å²) in [6.45, 7) is -0.153. The van der Waals surface area contributed by atoms with Crippen LogP contribution in [0, 0.1) is 0 Å². The van der Waals surface area contributed by atoms with Gasteiger partial charge >= 0.3 is 0 Å². The standard InChI is InChI=1S/C20H20O6/c1-24-15-9-13(8-14(23)10-15)19-17(11-22)16-6-12(4-3-5-21)7-18(25-2)20(16)26-19/h3-10,17,19,22-23H,11H2,1-2H3/t17-,19+/m0/s1. The van der Waals surface area contributed by atoms with Crippen LogP contribution in [-0.4, -0.2) is 37.3 Å². The number of aldehydes is 1. The summed E-state index contributed by atoms with van der Waals surface area (Å²) >= 11 is 0. The summed E-state index contributed by atoms with van der Waals surface area (Å²) in [7, 11) is 3.05. The van der Waals surface area contributed by atoms with Crippen LogP contribution in [0.4, 0.5) is 0 Å². The van der Waals surface area contributed by atoms with Gasteiger partial charge in [0.1, 0.15) is 23.9 Å². The number of carbonyl (C=O) groups is 1. The van der Waals surface area contributed by atoms with Gasteiger partial charge in [-0.2, -0.15) is 0 Å². The van der Waals surface area contributed by atoms with Crippen LogP contribution in [0.15, 0.2) is 36.4 Å². The molecular weight excluding hydrogens is 336 g/mol. The van der Waals surface area contributed by atoms with Crippen LogP contribution in [0.2, 0.25) is 0 Å². The number of phenols is 1. The maximum Gasteiger partial charge on any atom is 0.165 e. The number of rotatable bonds is 6. The van der Waals surface area contributed by atoms with Gasteiger partial charge in [-0.25, -0.2) is 0 Å². The smallest absolute Gasteiger partial charge is 0.165 e. The number of aliphatic hydroxyl groups is 1. The van der Waals surface area contributed by atoms with Crippen molar-refractivity contribution in [3.63, 3.8) is 0 Å². The molecule has 0 saturated heterocycles. The zero-order valence-corrected chi connectivity index (χ0v) is 14.5. The Labute approximate surface area is 151 Å². The molecule has 1 heterocycles. The molecule has 0 unspecified atom stereocenters. The van der Waals surface area contributed by atoms with E-state index in [1.807, 2.05) is 6.07 Å². The third kappa shape index (κ3) is 3.23. The lowest BCUT2D eigenvalue weighted by atomic mass is 9.90. The van der Waals surface area contributed by atoms with Crippen LogP contribution in [0.5, 0.6) is 23.0 Å². The number of aliphatic hydroxyl groups excluding tert-OH is 1. The molecule has 6 nitrogen and oxygen atoms in total. The van der Waals surface area contributed by atoms with E-state index in [-0.39, 0.29) is 18.3 Å². The number of ether oxygens (including phenoxy) is 3. The van der Waals surface area contributed by atoms with Crippen molar-refractivity contribution in [3.05, 3.63) is 53.1 Å². The van der Waals surface area contributed by atoms with Gasteiger partial charge in [-0.05, 0) is 35.9 Å². The first kappa shape index (κ1) is 17.8. The molecule has 2 aromatic carbocycles. The maximum atomic E-state index is 10.6. The Kier molecular flexibility index (Phi) is 5.14. The molecule has 2 aromatic rings. The second-order valence-corrected chi connectivity index (χ2v) is 5.93. The van der Waals surface area contributed by atoms with Gasteiger partial charge in [0.2, 0.25) is 0 Å². The summed E-state index contributed by atoms with van der Waals surface area (Å²) in [4.78, 5) is 10.6. The minimum atomic E-state index is -0.504. The monoisotopic (exact) mass is 356 g/mol. The molecular formula is C20H20O6. The Morgan fingerprint density at radius 1 is 1.15 bits per heavy atom. The molecule has 2 N–H and O–H groups in total. The molecule has 136 valence electrons. The lowest BCUT2D eigenvalue weighted by Gasteiger charge is -2.18. The molecule has 0 aromatic heterocycles. The van der Waals surface area contributed by atoms with Crippen LogP contribution >= 0.6 is 0 Å². The highest BCUT2D eigenvalue weighted by molar-refractivity contribution is 5.75. The van der Waals surface area contributed by atoms with Crippen LogP contribution < -0.4 is 14.2 Å². The molecule has 0 amide bonds. The van der Waals surface area contributed by atoms with E-state index in [0.717, 1.165) is 11.1 Å². The number of methoxy groups -OCH3 is 2. The molecule has 6 heteroatoms. The Balaban J connectivity index is 2.07. The van der Waals surface area contributed by atoms with Crippen LogP contribution in [0.25, 0.3) is 6.08 Å². The maximum absolute atomic E-state index is 10.6. The van der Waals surface area contributed by atoms with Crippen molar-refractivity contribution in [1.82, 2.24) is 0 Å². The number of fused-ring (bicyclic) bond motifs is 1. The molecule has 1 aliphatic rings. The Morgan fingerprint density at radius 3 is 2.62 bits per heavy atom. The van der Waals surface area contributed by atoms with Gasteiger partial charge in [-0.1, -0.05) is 6.08 Å². The molecule has 0 spiro atoms. The third-order valence-electron chi connectivity index (χ3n) is 4.38. The fourth-order valence-electron chi connectivity index (χ4n) is 3.20. The lowest BCUT2D eigenvalue weighted by Crippen LogP contribution is -2.13. The summed E-state index contributed by atoms with van der Waals surface area (Å²) in [6, 6.07) is 8.47. The average Bonchev–Trinajstić information content (AvgIpc) is 3.03. The summed E-state index contributed by atoms with van der Waals surface area (Å²) < 4.78 is 16.7. The van der Waals surface area contributed by atoms with Crippen molar-refractivity contribution in [1.29, 1.82) is 0 Å². The quantitative estimate of drug-likeness (QED) is 0.612. The van der Waals surface area contributed by atoms with Gasteiger partial charge in [0.05, 0.1) is 26.7 Å². The average molecular weight is 356 g/mol. The Hall–Kier alpha value is -2.99. The molecule has 0 radical (unpaired) electrons. The molecule has 1 aliphatic heterocycles. The largest absolute Gasteiger partial charge is 0.508 e. The van der Waals surface area contributed by atoms with Crippen molar-refractivity contribution in [2.75, 3.05) is 20.8 Å². The Bertz CT molecular complexity index is 842. The predicted octanol–water partition coefficient (Wildman–Crippen LogP) is 2.83. The predicted molar refractivity (Wildman–Crippen MR) is 95.9 cm³/mol. The van der Waals surface area contributed by atoms with Crippen molar-refractivity contribution in [2.45, 2.75) is 12.0 Å². The number of benzene rings is 2. The van der Waals surface area contributed by atoms with Crippen LogP contribution in [0.3, 0.4) is 0 Å². The van der Waals surface area contributed by atoms with E-state index in [9.17, 15) is 15.0 Å². The number of allylic oxidation sites excluding steroid dienone is 1. The fourth-order valence-corrected chi connectivity index (χ4v) is 3.20. The molecule has 2 atom stereocenters. The van der Waals surface area contributed by atoms with Gasteiger partial charge in [-0.3, -0.25) is 4.79 Å². The SMILES string of the molecule is COc1cc(O)cc([C@H]2Oc3c(OC)cc(C=CC=O)cc3[C@@H]2CO)c1. The zero-order chi connectivity index (χ0) is 18.7. The number of phenolic OH excluding ortho intramolecular Hbond substituents is 1. The number of hydrogen-bond acceptors (Lipinski definition) is 6. The third-order valence-corrected chi connectivity index (χ3v) is 4.38. The first-order valence-electron chi connectivity index (χ1n) is 8.10. The molecule has 3 rings (SSSR count). The minimum absolute atomic E-state index is 0.0529. The molecule has 0 aliphatic carbocycles. The van der Waals surface area contributed by atoms with Gasteiger partial charge in [0, 0.05) is 17.2 Å². The normalized spacial score (nSPS) is 18.4. The topological polar surface area (TPSA) is 85.2 Å². The second-order valence-electron chi connectivity index (χ2n) is 5.93. The van der Waals surface area contributed by atoms with E-state index in [4.69, 9.17) is 14.2 Å². The second kappa shape index (κ2) is 7.49. The van der Waals surface area contributed by atoms with E-state index >= 15 is 0 Å². The number of aromatic hydroxyl groups is 1. The number of carbonyl (C=O) groups excluding carboxylic acids is 1. The van der Waals surface area contributed by atoms with Gasteiger partial charge < -0.3 is 24.4 Å². The lowest BCUT2D eigenvalue weighted by molar-refractivity contribution is -0.104. The van der Waals surface area contributed by atoms with E-state index in [2.05, 4.69) is 0 Å². The summed E-state index contributed by atoms with van der Waals surface area (Å²) in [5.74, 6) is 1.26. The van der Waals surface area contributed by atoms with Crippen molar-refractivity contribution in [3.8, 4) is 23.0 Å². The van der Waals surface area contributed by atoms with Crippen LogP contribution in [0.1, 0.15) is 28.7 Å². The molecule has 0 fully saturated rings. The van der Waals surface area contributed by atoms with Crippen LogP contribution in [-0.2, 0) is 4.79 Å². The van der Waals surface area contributed by atoms with E-state index in [1.54, 1.807) is 24.3 Å². The molecule has 0 saturated carbocycles. The van der Waals surface area contributed by atoms with Crippen molar-refractivity contribution >= 4 is 12.4 Å². The van der Waals surface area contributed by atoms with Gasteiger partial charge in [0.25, 0.3) is 0 Å². The van der Waals surface area contributed by atoms with Crippen molar-refractivity contribution < 1.29 is 29.2 Å². The molecule has 0 bridgehead atoms.